The second-order valence-corrected chi connectivity index (χ2v) is 7.69. The first-order valence-corrected chi connectivity index (χ1v) is 10.2. The fraction of sp³-hybridized carbons (Fsp3) is 0.381. The number of rotatable bonds is 7. The van der Waals surface area contributed by atoms with E-state index in [0.717, 1.165) is 38.2 Å². The van der Waals surface area contributed by atoms with Crippen LogP contribution in [0.5, 0.6) is 5.75 Å². The van der Waals surface area contributed by atoms with E-state index in [0.29, 0.717) is 33.9 Å². The Labute approximate surface area is 200 Å². The van der Waals surface area contributed by atoms with Crippen LogP contribution in [0, 0.1) is 0 Å². The fourth-order valence-electron chi connectivity index (χ4n) is 3.32. The van der Waals surface area contributed by atoms with Gasteiger partial charge in [0.25, 0.3) is 5.91 Å². The predicted molar refractivity (Wildman–Crippen MR) is 129 cm³/mol. The highest BCUT2D eigenvalue weighted by molar-refractivity contribution is 6.42. The van der Waals surface area contributed by atoms with E-state index in [-0.39, 0.29) is 30.7 Å². The summed E-state index contributed by atoms with van der Waals surface area (Å²) in [6, 6.07) is 13.2. The lowest BCUT2D eigenvalue weighted by Crippen LogP contribution is -2.42. The van der Waals surface area contributed by atoms with Crippen molar-refractivity contribution in [2.24, 2.45) is 0 Å². The molecule has 2 aromatic rings. The molecule has 9 heteroatoms. The summed E-state index contributed by atoms with van der Waals surface area (Å²) in [5, 5.41) is 7.64. The maximum Gasteiger partial charge on any atom is 0.251 e. The van der Waals surface area contributed by atoms with Gasteiger partial charge in [0.15, 0.2) is 0 Å². The number of carbonyl (C=O) groups excluding carboxylic acids is 1. The average Bonchev–Trinajstić information content (AvgIpc) is 2.72. The van der Waals surface area contributed by atoms with Crippen LogP contribution in [0.25, 0.3) is 0 Å². The lowest BCUT2D eigenvalue weighted by molar-refractivity contribution is 0.0945. The van der Waals surface area contributed by atoms with Gasteiger partial charge in [0.1, 0.15) is 5.75 Å². The van der Waals surface area contributed by atoms with Crippen molar-refractivity contribution in [1.29, 1.82) is 0 Å². The molecule has 30 heavy (non-hydrogen) atoms. The third-order valence-corrected chi connectivity index (χ3v) is 5.66. The number of nitrogens with zero attached hydrogens (tertiary/aromatic N) is 1. The number of halogens is 4. The monoisotopic (exact) mass is 493 g/mol. The van der Waals surface area contributed by atoms with Crippen molar-refractivity contribution in [3.63, 3.8) is 0 Å². The number of anilines is 1. The molecule has 0 bridgehead atoms. The van der Waals surface area contributed by atoms with Crippen molar-refractivity contribution in [2.45, 2.75) is 18.9 Å². The van der Waals surface area contributed by atoms with Gasteiger partial charge in [-0.15, -0.1) is 24.8 Å². The van der Waals surface area contributed by atoms with Crippen LogP contribution in [0.3, 0.4) is 0 Å². The second kappa shape index (κ2) is 13.1. The Hall–Kier alpha value is -1.37. The van der Waals surface area contributed by atoms with Crippen molar-refractivity contribution in [3.8, 4) is 5.75 Å². The Morgan fingerprint density at radius 1 is 1.10 bits per heavy atom. The molecule has 1 amide bonds. The third kappa shape index (κ3) is 7.71. The molecule has 0 spiro atoms. The largest absolute Gasteiger partial charge is 0.497 e. The van der Waals surface area contributed by atoms with Gasteiger partial charge in [-0.2, -0.15) is 0 Å². The highest BCUT2D eigenvalue weighted by Crippen LogP contribution is 2.26. The van der Waals surface area contributed by atoms with E-state index < -0.39 is 0 Å². The van der Waals surface area contributed by atoms with Crippen molar-refractivity contribution in [1.82, 2.24) is 10.2 Å². The van der Waals surface area contributed by atoms with E-state index >= 15 is 0 Å². The maximum atomic E-state index is 12.2. The minimum Gasteiger partial charge on any atom is -0.497 e. The van der Waals surface area contributed by atoms with Crippen molar-refractivity contribution in [2.75, 3.05) is 38.6 Å². The number of hydrogen-bond acceptors (Lipinski definition) is 4. The summed E-state index contributed by atoms with van der Waals surface area (Å²) >= 11 is 12.0. The van der Waals surface area contributed by atoms with E-state index in [1.165, 1.54) is 0 Å². The first-order valence-electron chi connectivity index (χ1n) is 9.41. The lowest BCUT2D eigenvalue weighted by atomic mass is 10.0. The molecule has 0 atom stereocenters. The normalized spacial score (nSPS) is 14.2. The zero-order chi connectivity index (χ0) is 19.9. The average molecular weight is 495 g/mol. The quantitative estimate of drug-likeness (QED) is 0.558. The molecule has 1 saturated heterocycles. The highest BCUT2D eigenvalue weighted by atomic mass is 35.5. The van der Waals surface area contributed by atoms with Gasteiger partial charge >= 0.3 is 0 Å². The number of hydrogen-bond donors (Lipinski definition) is 2. The van der Waals surface area contributed by atoms with Crippen LogP contribution in [0.4, 0.5) is 5.69 Å². The first-order chi connectivity index (χ1) is 13.5. The first kappa shape index (κ1) is 26.7. The molecule has 5 nitrogen and oxygen atoms in total. The minimum absolute atomic E-state index is 0. The Morgan fingerprint density at radius 3 is 2.50 bits per heavy atom. The molecule has 0 radical (unpaired) electrons. The van der Waals surface area contributed by atoms with Crippen LogP contribution in [0.1, 0.15) is 23.2 Å². The van der Waals surface area contributed by atoms with Gasteiger partial charge in [-0.05, 0) is 49.2 Å². The number of amides is 1. The number of likely N-dealkylation sites (tertiary alicyclic amines) is 1. The van der Waals surface area contributed by atoms with Crippen LogP contribution >= 0.6 is 48.0 Å². The molecule has 0 aliphatic carbocycles. The van der Waals surface area contributed by atoms with Crippen LogP contribution in [0.2, 0.25) is 10.0 Å². The van der Waals surface area contributed by atoms with E-state index in [1.54, 1.807) is 19.2 Å². The summed E-state index contributed by atoms with van der Waals surface area (Å²) in [4.78, 5) is 14.6. The van der Waals surface area contributed by atoms with Crippen LogP contribution in [-0.2, 0) is 0 Å². The molecule has 0 saturated carbocycles. The van der Waals surface area contributed by atoms with Crippen molar-refractivity contribution >= 4 is 59.6 Å². The molecule has 1 aliphatic rings. The van der Waals surface area contributed by atoms with Gasteiger partial charge in [-0.1, -0.05) is 29.3 Å². The molecule has 1 heterocycles. The number of benzene rings is 2. The van der Waals surface area contributed by atoms with E-state index in [4.69, 9.17) is 27.9 Å². The highest BCUT2D eigenvalue weighted by Gasteiger charge is 2.19. The standard InChI is InChI=1S/C21H25Cl2N3O2.2ClH/c1-28-18-4-2-3-15(13-18)21(27)24-9-12-26-10-7-16(8-11-26)25-17-5-6-19(22)20(23)14-17;;/h2-6,13-14,16,25H,7-12H2,1H3,(H,24,27);2*1H. The molecule has 0 unspecified atom stereocenters. The van der Waals surface area contributed by atoms with E-state index in [1.807, 2.05) is 30.3 Å². The topological polar surface area (TPSA) is 53.6 Å². The molecule has 2 N–H and O–H groups in total. The van der Waals surface area contributed by atoms with E-state index in [9.17, 15) is 4.79 Å². The SMILES string of the molecule is COc1cccc(C(=O)NCCN2CCC(Nc3ccc(Cl)c(Cl)c3)CC2)c1.Cl.Cl. The predicted octanol–water partition coefficient (Wildman–Crippen LogP) is 5.15. The van der Waals surface area contributed by atoms with Gasteiger partial charge in [-0.25, -0.2) is 0 Å². The van der Waals surface area contributed by atoms with Gasteiger partial charge < -0.3 is 20.3 Å². The van der Waals surface area contributed by atoms with Crippen LogP contribution in [-0.4, -0.2) is 50.1 Å². The summed E-state index contributed by atoms with van der Waals surface area (Å²) in [5.74, 6) is 0.610. The third-order valence-electron chi connectivity index (χ3n) is 4.92. The van der Waals surface area contributed by atoms with Crippen LogP contribution < -0.4 is 15.4 Å². The van der Waals surface area contributed by atoms with Gasteiger partial charge in [0.05, 0.1) is 17.2 Å². The van der Waals surface area contributed by atoms with Gasteiger partial charge in [0.2, 0.25) is 0 Å². The summed E-state index contributed by atoms with van der Waals surface area (Å²) in [7, 11) is 1.59. The minimum atomic E-state index is -0.0740. The zero-order valence-corrected chi connectivity index (χ0v) is 19.8. The Bertz CT molecular complexity index is 815. The zero-order valence-electron chi connectivity index (χ0n) is 16.7. The second-order valence-electron chi connectivity index (χ2n) is 6.88. The van der Waals surface area contributed by atoms with E-state index in [2.05, 4.69) is 15.5 Å². The van der Waals surface area contributed by atoms with Crippen LogP contribution in [0.15, 0.2) is 42.5 Å². The van der Waals surface area contributed by atoms with Crippen molar-refractivity contribution in [3.05, 3.63) is 58.1 Å². The number of ether oxygens (including phenoxy) is 1. The Balaban J connectivity index is 0.00000225. The summed E-state index contributed by atoms with van der Waals surface area (Å²) in [5.41, 5.74) is 1.61. The maximum absolute atomic E-state index is 12.2. The number of piperidine rings is 1. The van der Waals surface area contributed by atoms with Gasteiger partial charge in [-0.3, -0.25) is 4.79 Å². The fourth-order valence-corrected chi connectivity index (χ4v) is 3.61. The smallest absolute Gasteiger partial charge is 0.251 e. The molecular formula is C21H27Cl4N3O2. The Kier molecular flexibility index (Phi) is 11.7. The molecule has 3 rings (SSSR count). The number of methoxy groups -OCH3 is 1. The summed E-state index contributed by atoms with van der Waals surface area (Å²) in [6.45, 7) is 3.46. The molecule has 0 aromatic heterocycles. The molecular weight excluding hydrogens is 468 g/mol. The lowest BCUT2D eigenvalue weighted by Gasteiger charge is -2.32. The van der Waals surface area contributed by atoms with Crippen molar-refractivity contribution < 1.29 is 9.53 Å². The molecule has 1 aliphatic heterocycles. The molecule has 1 fully saturated rings. The van der Waals surface area contributed by atoms with Gasteiger partial charge in [0, 0.05) is 43.5 Å². The number of carbonyl (C=O) groups is 1. The Morgan fingerprint density at radius 2 is 1.83 bits per heavy atom. The molecule has 166 valence electrons. The summed E-state index contributed by atoms with van der Waals surface area (Å²) in [6.07, 6.45) is 2.09. The molecule has 2 aromatic carbocycles. The summed E-state index contributed by atoms with van der Waals surface area (Å²) < 4.78 is 5.16. The number of nitrogens with one attached hydrogen (secondary N) is 2.